The smallest absolute Gasteiger partial charge is 0.280 e. The van der Waals surface area contributed by atoms with E-state index >= 15 is 0 Å². The first-order valence-corrected chi connectivity index (χ1v) is 5.23. The van der Waals surface area contributed by atoms with Crippen LogP contribution in [0.3, 0.4) is 0 Å². The van der Waals surface area contributed by atoms with Crippen LogP contribution in [0.15, 0.2) is 15.1 Å². The van der Waals surface area contributed by atoms with Crippen molar-refractivity contribution in [2.75, 3.05) is 0 Å². The average Bonchev–Trinajstić information content (AvgIpc) is 2.85. The third kappa shape index (κ3) is 2.11. The minimum absolute atomic E-state index is 0.185. The molecule has 2 rings (SSSR count). The number of nitrogens with zero attached hydrogens (tertiary/aromatic N) is 3. The van der Waals surface area contributed by atoms with Crippen molar-refractivity contribution in [1.29, 1.82) is 0 Å². The quantitative estimate of drug-likeness (QED) is 0.848. The number of nitrogens with two attached hydrogens (primary N) is 1. The van der Waals surface area contributed by atoms with Crippen molar-refractivity contribution in [2.45, 2.75) is 32.7 Å². The normalized spacial score (nSPS) is 12.9. The molecule has 2 aromatic rings. The molecule has 0 aliphatic heterocycles. The van der Waals surface area contributed by atoms with Gasteiger partial charge in [-0.15, -0.1) is 0 Å². The molecule has 2 heterocycles. The van der Waals surface area contributed by atoms with Gasteiger partial charge >= 0.3 is 0 Å². The number of aryl methyl sites for hydroxylation is 1. The Bertz CT molecular complexity index is 463. The van der Waals surface area contributed by atoms with Gasteiger partial charge in [0.2, 0.25) is 0 Å². The predicted octanol–water partition coefficient (Wildman–Crippen LogP) is 1.83. The Labute approximate surface area is 92.8 Å². The summed E-state index contributed by atoms with van der Waals surface area (Å²) in [6.45, 7) is 3.86. The molecule has 16 heavy (non-hydrogen) atoms. The van der Waals surface area contributed by atoms with E-state index in [2.05, 4.69) is 22.2 Å². The molecule has 0 aliphatic rings. The Morgan fingerprint density at radius 1 is 1.38 bits per heavy atom. The maximum Gasteiger partial charge on any atom is 0.280 e. The molecular formula is C10H14N4O2. The summed E-state index contributed by atoms with van der Waals surface area (Å²) in [4.78, 5) is 4.19. The van der Waals surface area contributed by atoms with Crippen LogP contribution in [0.2, 0.25) is 0 Å². The van der Waals surface area contributed by atoms with Crippen LogP contribution in [-0.4, -0.2) is 15.3 Å². The second-order valence-electron chi connectivity index (χ2n) is 3.68. The van der Waals surface area contributed by atoms with Crippen molar-refractivity contribution in [3.8, 4) is 11.6 Å². The SMILES string of the molecule is CCCC(N)c1noc(-c2cc(C)on2)n1. The minimum Gasteiger partial charge on any atom is -0.361 e. The van der Waals surface area contributed by atoms with Crippen LogP contribution >= 0.6 is 0 Å². The fourth-order valence-electron chi connectivity index (χ4n) is 1.40. The summed E-state index contributed by atoms with van der Waals surface area (Å²) in [6, 6.07) is 1.55. The van der Waals surface area contributed by atoms with Gasteiger partial charge in [0.1, 0.15) is 5.76 Å². The lowest BCUT2D eigenvalue weighted by atomic mass is 10.2. The molecule has 0 saturated carbocycles. The molecule has 6 heteroatoms. The van der Waals surface area contributed by atoms with Crippen molar-refractivity contribution >= 4 is 0 Å². The molecule has 0 radical (unpaired) electrons. The third-order valence-electron chi connectivity index (χ3n) is 2.22. The van der Waals surface area contributed by atoms with Crippen LogP contribution in [0.1, 0.15) is 37.4 Å². The largest absolute Gasteiger partial charge is 0.361 e. The topological polar surface area (TPSA) is 91.0 Å². The van der Waals surface area contributed by atoms with Crippen LogP contribution < -0.4 is 5.73 Å². The maximum absolute atomic E-state index is 5.87. The van der Waals surface area contributed by atoms with Gasteiger partial charge in [0, 0.05) is 6.07 Å². The van der Waals surface area contributed by atoms with Gasteiger partial charge in [-0.3, -0.25) is 0 Å². The van der Waals surface area contributed by atoms with Gasteiger partial charge in [0.05, 0.1) is 6.04 Å². The predicted molar refractivity (Wildman–Crippen MR) is 56.4 cm³/mol. The van der Waals surface area contributed by atoms with Crippen molar-refractivity contribution < 1.29 is 9.05 Å². The summed E-state index contributed by atoms with van der Waals surface area (Å²) in [5.41, 5.74) is 6.41. The van der Waals surface area contributed by atoms with Crippen LogP contribution in [0.25, 0.3) is 11.6 Å². The zero-order valence-electron chi connectivity index (χ0n) is 9.30. The van der Waals surface area contributed by atoms with Gasteiger partial charge in [0.25, 0.3) is 5.89 Å². The zero-order chi connectivity index (χ0) is 11.5. The molecule has 0 fully saturated rings. The molecule has 0 aromatic carbocycles. The lowest BCUT2D eigenvalue weighted by Gasteiger charge is -2.02. The van der Waals surface area contributed by atoms with E-state index in [1.807, 2.05) is 0 Å². The molecule has 1 unspecified atom stereocenters. The van der Waals surface area contributed by atoms with E-state index in [0.29, 0.717) is 23.2 Å². The maximum atomic E-state index is 5.87. The number of aromatic nitrogens is 3. The summed E-state index contributed by atoms with van der Waals surface area (Å²) in [7, 11) is 0. The van der Waals surface area contributed by atoms with Gasteiger partial charge in [-0.05, 0) is 13.3 Å². The Morgan fingerprint density at radius 3 is 2.81 bits per heavy atom. The summed E-state index contributed by atoms with van der Waals surface area (Å²) in [5, 5.41) is 7.62. The van der Waals surface area contributed by atoms with Crippen LogP contribution in [0, 0.1) is 6.92 Å². The fraction of sp³-hybridized carbons (Fsp3) is 0.500. The van der Waals surface area contributed by atoms with Gasteiger partial charge in [-0.1, -0.05) is 23.7 Å². The average molecular weight is 222 g/mol. The Balaban J connectivity index is 2.19. The van der Waals surface area contributed by atoms with E-state index in [4.69, 9.17) is 14.8 Å². The molecule has 6 nitrogen and oxygen atoms in total. The monoisotopic (exact) mass is 222 g/mol. The van der Waals surface area contributed by atoms with E-state index in [1.54, 1.807) is 13.0 Å². The minimum atomic E-state index is -0.185. The van der Waals surface area contributed by atoms with Gasteiger partial charge < -0.3 is 14.8 Å². The molecule has 0 bridgehead atoms. The zero-order valence-corrected chi connectivity index (χ0v) is 9.30. The summed E-state index contributed by atoms with van der Waals surface area (Å²) >= 11 is 0. The van der Waals surface area contributed by atoms with Crippen LogP contribution in [-0.2, 0) is 0 Å². The Hall–Kier alpha value is -1.69. The summed E-state index contributed by atoms with van der Waals surface area (Å²) < 4.78 is 9.99. The highest BCUT2D eigenvalue weighted by molar-refractivity contribution is 5.45. The lowest BCUT2D eigenvalue weighted by Crippen LogP contribution is -2.11. The number of rotatable bonds is 4. The van der Waals surface area contributed by atoms with E-state index < -0.39 is 0 Å². The molecule has 0 spiro atoms. The number of hydrogen-bond acceptors (Lipinski definition) is 6. The Morgan fingerprint density at radius 2 is 2.19 bits per heavy atom. The summed E-state index contributed by atoms with van der Waals surface area (Å²) in [6.07, 6.45) is 1.81. The molecule has 1 atom stereocenters. The number of hydrogen-bond donors (Lipinski definition) is 1. The van der Waals surface area contributed by atoms with E-state index in [1.165, 1.54) is 0 Å². The molecule has 2 N–H and O–H groups in total. The standard InChI is InChI=1S/C10H14N4O2/c1-3-4-7(11)9-12-10(16-14-9)8-5-6(2)15-13-8/h5,7H,3-4,11H2,1-2H3. The van der Waals surface area contributed by atoms with Crippen LogP contribution in [0.5, 0.6) is 0 Å². The lowest BCUT2D eigenvalue weighted by molar-refractivity contribution is 0.387. The fourth-order valence-corrected chi connectivity index (χ4v) is 1.40. The highest BCUT2D eigenvalue weighted by Crippen LogP contribution is 2.19. The second kappa shape index (κ2) is 4.44. The molecule has 0 amide bonds. The van der Waals surface area contributed by atoms with Gasteiger partial charge in [-0.2, -0.15) is 4.98 Å². The first kappa shape index (κ1) is 10.8. The highest BCUT2D eigenvalue weighted by atomic mass is 16.5. The molecule has 2 aromatic heterocycles. The van der Waals surface area contributed by atoms with Crippen molar-refractivity contribution in [1.82, 2.24) is 15.3 Å². The molecule has 0 saturated heterocycles. The first-order valence-electron chi connectivity index (χ1n) is 5.23. The first-order chi connectivity index (χ1) is 7.70. The van der Waals surface area contributed by atoms with Crippen molar-refractivity contribution in [2.24, 2.45) is 5.73 Å². The highest BCUT2D eigenvalue weighted by Gasteiger charge is 2.16. The molecular weight excluding hydrogens is 208 g/mol. The van der Waals surface area contributed by atoms with Gasteiger partial charge in [0.15, 0.2) is 11.5 Å². The van der Waals surface area contributed by atoms with Crippen molar-refractivity contribution in [3.05, 3.63) is 17.7 Å². The van der Waals surface area contributed by atoms with Crippen molar-refractivity contribution in [3.63, 3.8) is 0 Å². The van der Waals surface area contributed by atoms with Crippen LogP contribution in [0.4, 0.5) is 0 Å². The van der Waals surface area contributed by atoms with Gasteiger partial charge in [-0.25, -0.2) is 0 Å². The summed E-state index contributed by atoms with van der Waals surface area (Å²) in [5.74, 6) is 1.56. The molecule has 0 aliphatic carbocycles. The third-order valence-corrected chi connectivity index (χ3v) is 2.22. The van der Waals surface area contributed by atoms with E-state index in [0.717, 1.165) is 12.8 Å². The van der Waals surface area contributed by atoms with E-state index in [-0.39, 0.29) is 6.04 Å². The molecule has 86 valence electrons. The van der Waals surface area contributed by atoms with E-state index in [9.17, 15) is 0 Å². The second-order valence-corrected chi connectivity index (χ2v) is 3.68. The Kier molecular flexibility index (Phi) is 3.00.